The lowest BCUT2D eigenvalue weighted by molar-refractivity contribution is 0.441. The number of aromatic nitrogens is 4. The normalized spacial score (nSPS) is 12.4. The van der Waals surface area contributed by atoms with Crippen LogP contribution in [-0.4, -0.2) is 27.2 Å². The van der Waals surface area contributed by atoms with Crippen LogP contribution in [0.3, 0.4) is 0 Å². The van der Waals surface area contributed by atoms with E-state index in [1.165, 1.54) is 0 Å². The maximum atomic E-state index is 5.44. The summed E-state index contributed by atoms with van der Waals surface area (Å²) in [5, 5.41) is 13.9. The second-order valence-electron chi connectivity index (χ2n) is 3.96. The molecule has 0 bridgehead atoms. The number of rotatable bonds is 5. The van der Waals surface area contributed by atoms with Gasteiger partial charge in [0.25, 0.3) is 0 Å². The van der Waals surface area contributed by atoms with E-state index in [-0.39, 0.29) is 6.04 Å². The zero-order valence-electron chi connectivity index (χ0n) is 10.6. The average Bonchev–Trinajstić information content (AvgIpc) is 2.86. The number of hydrogen-bond donors (Lipinski definition) is 2. The molecule has 0 radical (unpaired) electrons. The van der Waals surface area contributed by atoms with Crippen molar-refractivity contribution < 1.29 is 4.42 Å². The lowest BCUT2D eigenvalue weighted by atomic mass is 10.3. The molecule has 7 heteroatoms. The molecule has 2 aromatic heterocycles. The van der Waals surface area contributed by atoms with Crippen LogP contribution in [0.2, 0.25) is 0 Å². The van der Waals surface area contributed by atoms with Gasteiger partial charge in [-0.2, -0.15) is 0 Å². The molecule has 1 atom stereocenters. The quantitative estimate of drug-likeness (QED) is 0.817. The molecule has 1 unspecified atom stereocenters. The predicted octanol–water partition coefficient (Wildman–Crippen LogP) is 1.06. The van der Waals surface area contributed by atoms with E-state index in [1.807, 2.05) is 20.9 Å². The molecular formula is C11H16N6O. The van der Waals surface area contributed by atoms with E-state index in [4.69, 9.17) is 4.42 Å². The number of nitrogens with zero attached hydrogens (tertiary/aromatic N) is 4. The van der Waals surface area contributed by atoms with E-state index in [2.05, 4.69) is 30.8 Å². The maximum absolute atomic E-state index is 5.44. The Morgan fingerprint density at radius 1 is 1.28 bits per heavy atom. The molecule has 0 fully saturated rings. The van der Waals surface area contributed by atoms with Crippen molar-refractivity contribution in [1.29, 1.82) is 0 Å². The van der Waals surface area contributed by atoms with E-state index in [0.717, 1.165) is 11.4 Å². The molecule has 2 N–H and O–H groups in total. The highest BCUT2D eigenvalue weighted by molar-refractivity contribution is 5.19. The molecule has 0 aliphatic rings. The smallest absolute Gasteiger partial charge is 0.315 e. The summed E-state index contributed by atoms with van der Waals surface area (Å²) >= 11 is 0. The molecular weight excluding hydrogens is 232 g/mol. The summed E-state index contributed by atoms with van der Waals surface area (Å²) in [5.41, 5.74) is 1.71. The monoisotopic (exact) mass is 248 g/mol. The molecule has 7 nitrogen and oxygen atoms in total. The molecule has 96 valence electrons. The second kappa shape index (κ2) is 5.54. The summed E-state index contributed by atoms with van der Waals surface area (Å²) in [5.74, 6) is 0.551. The molecule has 0 saturated carbocycles. The van der Waals surface area contributed by atoms with Gasteiger partial charge in [0.1, 0.15) is 0 Å². The summed E-state index contributed by atoms with van der Waals surface area (Å²) in [4.78, 5) is 8.38. The molecule has 18 heavy (non-hydrogen) atoms. The first kappa shape index (κ1) is 12.4. The molecule has 0 amide bonds. The van der Waals surface area contributed by atoms with Gasteiger partial charge in [-0.05, 0) is 20.9 Å². The Labute approximate surface area is 105 Å². The van der Waals surface area contributed by atoms with Crippen molar-refractivity contribution in [2.24, 2.45) is 0 Å². The van der Waals surface area contributed by atoms with Crippen molar-refractivity contribution in [1.82, 2.24) is 25.5 Å². The first-order valence-corrected chi connectivity index (χ1v) is 5.71. The zero-order valence-corrected chi connectivity index (χ0v) is 10.6. The second-order valence-corrected chi connectivity index (χ2v) is 3.96. The van der Waals surface area contributed by atoms with Crippen LogP contribution in [0.4, 0.5) is 6.01 Å². The van der Waals surface area contributed by atoms with Crippen molar-refractivity contribution in [3.05, 3.63) is 29.7 Å². The van der Waals surface area contributed by atoms with Crippen LogP contribution in [0.15, 0.2) is 16.8 Å². The molecule has 0 aliphatic carbocycles. The Kier molecular flexibility index (Phi) is 3.83. The zero-order chi connectivity index (χ0) is 13.0. The Balaban J connectivity index is 1.94. The summed E-state index contributed by atoms with van der Waals surface area (Å²) in [6.45, 7) is 4.35. The first-order valence-electron chi connectivity index (χ1n) is 5.71. The van der Waals surface area contributed by atoms with Gasteiger partial charge in [-0.15, -0.1) is 5.10 Å². The Hall–Kier alpha value is -2.02. The highest BCUT2D eigenvalue weighted by Gasteiger charge is 2.11. The SMILES string of the molecule is CNC(C)c1nnc(NCc2cnc(C)cn2)o1. The van der Waals surface area contributed by atoms with Crippen LogP contribution in [0.5, 0.6) is 0 Å². The van der Waals surface area contributed by atoms with Gasteiger partial charge >= 0.3 is 6.01 Å². The highest BCUT2D eigenvalue weighted by atomic mass is 16.4. The van der Waals surface area contributed by atoms with Crippen molar-refractivity contribution >= 4 is 6.01 Å². The van der Waals surface area contributed by atoms with Gasteiger partial charge in [0.05, 0.1) is 30.2 Å². The van der Waals surface area contributed by atoms with Crippen molar-refractivity contribution in [3.8, 4) is 0 Å². The molecule has 0 saturated heterocycles. The van der Waals surface area contributed by atoms with Crippen molar-refractivity contribution in [2.45, 2.75) is 26.4 Å². The van der Waals surface area contributed by atoms with Gasteiger partial charge in [0.15, 0.2) is 0 Å². The average molecular weight is 248 g/mol. The first-order chi connectivity index (χ1) is 8.69. The third-order valence-corrected chi connectivity index (χ3v) is 2.50. The lowest BCUT2D eigenvalue weighted by Gasteiger charge is -2.03. The Bertz CT molecular complexity index is 494. The van der Waals surface area contributed by atoms with E-state index in [0.29, 0.717) is 18.5 Å². The Morgan fingerprint density at radius 3 is 2.78 bits per heavy atom. The van der Waals surface area contributed by atoms with Crippen LogP contribution < -0.4 is 10.6 Å². The van der Waals surface area contributed by atoms with Crippen molar-refractivity contribution in [2.75, 3.05) is 12.4 Å². The fraction of sp³-hybridized carbons (Fsp3) is 0.455. The molecule has 2 heterocycles. The summed E-state index contributed by atoms with van der Waals surface area (Å²) in [6.07, 6.45) is 3.44. The number of nitrogens with one attached hydrogen (secondary N) is 2. The summed E-state index contributed by atoms with van der Waals surface area (Å²) in [7, 11) is 1.84. The fourth-order valence-electron chi connectivity index (χ4n) is 1.28. The number of aryl methyl sites for hydroxylation is 1. The van der Waals surface area contributed by atoms with Crippen molar-refractivity contribution in [3.63, 3.8) is 0 Å². The third-order valence-electron chi connectivity index (χ3n) is 2.50. The van der Waals surface area contributed by atoms with Crippen LogP contribution in [0.1, 0.15) is 30.2 Å². The van der Waals surface area contributed by atoms with Gasteiger partial charge in [0, 0.05) is 6.20 Å². The molecule has 2 aromatic rings. The Morgan fingerprint density at radius 2 is 2.11 bits per heavy atom. The minimum absolute atomic E-state index is 0.0345. The number of hydrogen-bond acceptors (Lipinski definition) is 7. The van der Waals surface area contributed by atoms with E-state index < -0.39 is 0 Å². The lowest BCUT2D eigenvalue weighted by Crippen LogP contribution is -2.12. The van der Waals surface area contributed by atoms with Gasteiger partial charge in [-0.25, -0.2) is 0 Å². The van der Waals surface area contributed by atoms with Crippen LogP contribution >= 0.6 is 0 Å². The topological polar surface area (TPSA) is 88.8 Å². The van der Waals surface area contributed by atoms with Gasteiger partial charge in [-0.3, -0.25) is 9.97 Å². The summed E-state index contributed by atoms with van der Waals surface area (Å²) < 4.78 is 5.44. The van der Waals surface area contributed by atoms with E-state index in [9.17, 15) is 0 Å². The van der Waals surface area contributed by atoms with Gasteiger partial charge in [-0.1, -0.05) is 5.10 Å². The molecule has 0 spiro atoms. The molecule has 0 aromatic carbocycles. The van der Waals surface area contributed by atoms with E-state index in [1.54, 1.807) is 12.4 Å². The largest absolute Gasteiger partial charge is 0.406 e. The predicted molar refractivity (Wildman–Crippen MR) is 65.9 cm³/mol. The van der Waals surface area contributed by atoms with Gasteiger partial charge < -0.3 is 15.1 Å². The minimum Gasteiger partial charge on any atom is -0.406 e. The number of anilines is 1. The standard InChI is InChI=1S/C11H16N6O/c1-7-4-14-9(5-13-7)6-15-11-17-16-10(18-11)8(2)12-3/h4-5,8,12H,6H2,1-3H3,(H,15,17). The fourth-order valence-corrected chi connectivity index (χ4v) is 1.28. The van der Waals surface area contributed by atoms with Crippen LogP contribution in [-0.2, 0) is 6.54 Å². The maximum Gasteiger partial charge on any atom is 0.315 e. The third kappa shape index (κ3) is 3.01. The molecule has 0 aliphatic heterocycles. The highest BCUT2D eigenvalue weighted by Crippen LogP contribution is 2.13. The molecule has 2 rings (SSSR count). The van der Waals surface area contributed by atoms with Gasteiger partial charge in [0.2, 0.25) is 5.89 Å². The van der Waals surface area contributed by atoms with E-state index >= 15 is 0 Å². The van der Waals surface area contributed by atoms with Crippen LogP contribution in [0, 0.1) is 6.92 Å². The summed E-state index contributed by atoms with van der Waals surface area (Å²) in [6, 6.07) is 0.418. The minimum atomic E-state index is 0.0345. The van der Waals surface area contributed by atoms with Crippen LogP contribution in [0.25, 0.3) is 0 Å².